The van der Waals surface area contributed by atoms with Crippen LogP contribution < -0.4 is 5.73 Å². The predicted octanol–water partition coefficient (Wildman–Crippen LogP) is -1.17. The Kier molecular flexibility index (Phi) is 5.90. The van der Waals surface area contributed by atoms with Crippen molar-refractivity contribution in [3.05, 3.63) is 0 Å². The van der Waals surface area contributed by atoms with Crippen LogP contribution in [0.4, 0.5) is 0 Å². The second-order valence-corrected chi connectivity index (χ2v) is 4.66. The fraction of sp³-hybridized carbons (Fsp3) is 0.900. The summed E-state index contributed by atoms with van der Waals surface area (Å²) in [5.41, 5.74) is 5.46. The largest absolute Gasteiger partial charge is 0.481 e. The van der Waals surface area contributed by atoms with Gasteiger partial charge in [-0.15, -0.1) is 0 Å². The van der Waals surface area contributed by atoms with Gasteiger partial charge < -0.3 is 25.8 Å². The summed E-state index contributed by atoms with van der Waals surface area (Å²) < 4.78 is 0. The van der Waals surface area contributed by atoms with E-state index in [0.717, 1.165) is 19.5 Å². The molecule has 0 saturated carbocycles. The van der Waals surface area contributed by atoms with Gasteiger partial charge in [-0.3, -0.25) is 4.79 Å². The van der Waals surface area contributed by atoms with E-state index in [4.69, 9.17) is 20.9 Å². The molecular weight excluding hydrogens is 223 g/mol. The third-order valence-electron chi connectivity index (χ3n) is 3.32. The topological polar surface area (TPSA) is 107 Å². The maximum atomic E-state index is 11.1. The summed E-state index contributed by atoms with van der Waals surface area (Å²) >= 11 is 0. The first-order valence-corrected chi connectivity index (χ1v) is 6.06. The lowest BCUT2D eigenvalue weighted by Crippen LogP contribution is -2.28. The van der Waals surface area contributed by atoms with Gasteiger partial charge in [-0.1, -0.05) is 6.42 Å². The molecule has 1 fully saturated rings. The molecule has 0 unspecified atom stereocenters. The molecule has 98 valence electrons. The number of carboxylic acid groups (broad SMARTS) is 1. The maximum Gasteiger partial charge on any atom is 0.451 e. The normalized spacial score (nSPS) is 25.1. The summed E-state index contributed by atoms with van der Waals surface area (Å²) in [5, 5.41) is 26.6. The van der Waals surface area contributed by atoms with Crippen molar-refractivity contribution in [2.24, 2.45) is 17.6 Å². The van der Waals surface area contributed by atoms with E-state index in [0.29, 0.717) is 25.8 Å². The quantitative estimate of drug-likeness (QED) is 0.420. The number of rotatable bonds is 7. The van der Waals surface area contributed by atoms with Gasteiger partial charge in [0.1, 0.15) is 0 Å². The first-order valence-electron chi connectivity index (χ1n) is 6.06. The van der Waals surface area contributed by atoms with E-state index in [1.54, 1.807) is 0 Å². The number of likely N-dealkylation sites (tertiary alicyclic amines) is 1. The van der Waals surface area contributed by atoms with Gasteiger partial charge in [-0.25, -0.2) is 0 Å². The molecule has 6 nitrogen and oxygen atoms in total. The molecule has 0 spiro atoms. The number of hydrogen-bond acceptors (Lipinski definition) is 5. The monoisotopic (exact) mass is 244 g/mol. The van der Waals surface area contributed by atoms with Gasteiger partial charge in [0.25, 0.3) is 0 Å². The number of nitrogens with zero attached hydrogens (tertiary/aromatic N) is 1. The molecule has 2 atom stereocenters. The first kappa shape index (κ1) is 14.4. The average molecular weight is 244 g/mol. The van der Waals surface area contributed by atoms with Gasteiger partial charge in [0.15, 0.2) is 0 Å². The average Bonchev–Trinajstić information content (AvgIpc) is 2.61. The number of aliphatic carboxylic acids is 1. The Hall–Kier alpha value is -0.625. The number of hydrogen-bond donors (Lipinski definition) is 4. The number of carbonyl (C=O) groups is 1. The molecule has 0 aromatic carbocycles. The molecule has 0 radical (unpaired) electrons. The molecule has 17 heavy (non-hydrogen) atoms. The molecule has 1 aliphatic rings. The molecule has 0 aliphatic carbocycles. The van der Waals surface area contributed by atoms with Crippen molar-refractivity contribution < 1.29 is 19.9 Å². The lowest BCUT2D eigenvalue weighted by molar-refractivity contribution is -0.142. The maximum absolute atomic E-state index is 11.1. The Labute approximate surface area is 102 Å². The number of nitrogens with two attached hydrogens (primary N) is 1. The van der Waals surface area contributed by atoms with Crippen molar-refractivity contribution >= 4 is 13.1 Å². The third kappa shape index (κ3) is 4.63. The molecule has 7 heteroatoms. The van der Waals surface area contributed by atoms with Crippen LogP contribution in [0, 0.1) is 11.8 Å². The van der Waals surface area contributed by atoms with Crippen LogP contribution in [0.25, 0.3) is 0 Å². The van der Waals surface area contributed by atoms with Crippen molar-refractivity contribution in [2.75, 3.05) is 26.2 Å². The van der Waals surface area contributed by atoms with Crippen molar-refractivity contribution in [1.82, 2.24) is 4.90 Å². The van der Waals surface area contributed by atoms with Gasteiger partial charge in [-0.05, 0) is 18.7 Å². The Morgan fingerprint density at radius 2 is 2.12 bits per heavy atom. The molecule has 0 aromatic rings. The molecule has 1 heterocycles. The standard InChI is InChI=1S/C10H21BN2O4/c12-4-5-13-6-8(2-1-3-11(16)17)9(7-13)10(14)15/h8-9,16-17H,1-7,12H2,(H,14,15)/t8-,9+/m0/s1. The van der Waals surface area contributed by atoms with Crippen LogP contribution in [-0.2, 0) is 4.79 Å². The van der Waals surface area contributed by atoms with Crippen LogP contribution in [0.5, 0.6) is 0 Å². The molecular formula is C10H21BN2O4. The van der Waals surface area contributed by atoms with Gasteiger partial charge in [0, 0.05) is 26.2 Å². The minimum absolute atomic E-state index is 0.0952. The van der Waals surface area contributed by atoms with Crippen molar-refractivity contribution in [1.29, 1.82) is 0 Å². The van der Waals surface area contributed by atoms with Gasteiger partial charge in [0.2, 0.25) is 0 Å². The Bertz CT molecular complexity index is 252. The molecule has 5 N–H and O–H groups in total. The highest BCUT2D eigenvalue weighted by atomic mass is 16.4. The Morgan fingerprint density at radius 1 is 1.41 bits per heavy atom. The summed E-state index contributed by atoms with van der Waals surface area (Å²) in [5.74, 6) is -1.02. The lowest BCUT2D eigenvalue weighted by atomic mass is 9.80. The number of carboxylic acids is 1. The zero-order chi connectivity index (χ0) is 12.8. The molecule has 1 rings (SSSR count). The molecule has 1 saturated heterocycles. The third-order valence-corrected chi connectivity index (χ3v) is 3.32. The zero-order valence-electron chi connectivity index (χ0n) is 9.96. The minimum Gasteiger partial charge on any atom is -0.481 e. The SMILES string of the molecule is NCCN1C[C@H](CCCB(O)O)[C@H](C(=O)O)C1. The Balaban J connectivity index is 2.41. The molecule has 0 amide bonds. The van der Waals surface area contributed by atoms with E-state index < -0.39 is 13.1 Å². The summed E-state index contributed by atoms with van der Waals surface area (Å²) in [4.78, 5) is 13.2. The smallest absolute Gasteiger partial charge is 0.451 e. The van der Waals surface area contributed by atoms with Crippen LogP contribution in [0.3, 0.4) is 0 Å². The van der Waals surface area contributed by atoms with E-state index in [9.17, 15) is 4.79 Å². The van der Waals surface area contributed by atoms with E-state index in [1.807, 2.05) is 0 Å². The van der Waals surface area contributed by atoms with Crippen LogP contribution in [0.2, 0.25) is 6.32 Å². The fourth-order valence-corrected chi connectivity index (χ4v) is 2.46. The second kappa shape index (κ2) is 6.95. The van der Waals surface area contributed by atoms with Crippen LogP contribution in [0.1, 0.15) is 12.8 Å². The van der Waals surface area contributed by atoms with Crippen LogP contribution in [-0.4, -0.2) is 59.3 Å². The second-order valence-electron chi connectivity index (χ2n) is 4.66. The van der Waals surface area contributed by atoms with Crippen molar-refractivity contribution in [3.8, 4) is 0 Å². The molecule has 0 bridgehead atoms. The van der Waals surface area contributed by atoms with E-state index in [1.165, 1.54) is 0 Å². The van der Waals surface area contributed by atoms with E-state index in [-0.39, 0.29) is 11.8 Å². The molecule has 0 aromatic heterocycles. The van der Waals surface area contributed by atoms with Crippen molar-refractivity contribution in [3.63, 3.8) is 0 Å². The summed E-state index contributed by atoms with van der Waals surface area (Å²) in [6, 6.07) is 0. The van der Waals surface area contributed by atoms with Gasteiger partial charge in [0.05, 0.1) is 5.92 Å². The Morgan fingerprint density at radius 3 is 2.65 bits per heavy atom. The zero-order valence-corrected chi connectivity index (χ0v) is 9.96. The highest BCUT2D eigenvalue weighted by Gasteiger charge is 2.36. The van der Waals surface area contributed by atoms with Crippen molar-refractivity contribution in [2.45, 2.75) is 19.2 Å². The lowest BCUT2D eigenvalue weighted by Gasteiger charge is -2.14. The summed E-state index contributed by atoms with van der Waals surface area (Å²) in [7, 11) is -1.29. The summed E-state index contributed by atoms with van der Waals surface area (Å²) in [6.45, 7) is 2.56. The highest BCUT2D eigenvalue weighted by molar-refractivity contribution is 6.40. The van der Waals surface area contributed by atoms with Gasteiger partial charge in [-0.2, -0.15) is 0 Å². The highest BCUT2D eigenvalue weighted by Crippen LogP contribution is 2.28. The predicted molar refractivity (Wildman–Crippen MR) is 64.3 cm³/mol. The fourth-order valence-electron chi connectivity index (χ4n) is 2.46. The minimum atomic E-state index is -1.29. The summed E-state index contributed by atoms with van der Waals surface area (Å²) in [6.07, 6.45) is 1.66. The van der Waals surface area contributed by atoms with Gasteiger partial charge >= 0.3 is 13.1 Å². The molecule has 1 aliphatic heterocycles. The first-order chi connectivity index (χ1) is 8.04. The van der Waals surface area contributed by atoms with Crippen LogP contribution >= 0.6 is 0 Å². The van der Waals surface area contributed by atoms with Crippen LogP contribution in [0.15, 0.2) is 0 Å². The van der Waals surface area contributed by atoms with E-state index in [2.05, 4.69) is 4.90 Å². The van der Waals surface area contributed by atoms with E-state index >= 15 is 0 Å².